The van der Waals surface area contributed by atoms with Crippen LogP contribution >= 0.6 is 15.9 Å². The first kappa shape index (κ1) is 12.1. The van der Waals surface area contributed by atoms with E-state index in [2.05, 4.69) is 30.8 Å². The molecule has 5 nitrogen and oxygen atoms in total. The summed E-state index contributed by atoms with van der Waals surface area (Å²) in [6, 6.07) is 8.56. The smallest absolute Gasteiger partial charge is 0.278 e. The van der Waals surface area contributed by atoms with Crippen molar-refractivity contribution in [2.45, 2.75) is 10.4 Å². The molecule has 17 heavy (non-hydrogen) atoms. The highest BCUT2D eigenvalue weighted by atomic mass is 79.9. The number of aromatic amines is 1. The minimum absolute atomic E-state index is 0.0433. The summed E-state index contributed by atoms with van der Waals surface area (Å²) >= 11 is 3.32. The SMILES string of the molecule is O=S(=O)(Nc1cccc(CBr)c1)c1ccn[nH]1. The minimum atomic E-state index is -3.58. The monoisotopic (exact) mass is 315 g/mol. The Morgan fingerprint density at radius 1 is 1.35 bits per heavy atom. The van der Waals surface area contributed by atoms with Crippen LogP contribution < -0.4 is 4.72 Å². The number of H-pyrrole nitrogens is 1. The van der Waals surface area contributed by atoms with Crippen LogP contribution in [-0.2, 0) is 15.4 Å². The molecule has 2 rings (SSSR count). The number of halogens is 1. The van der Waals surface area contributed by atoms with Crippen molar-refractivity contribution in [1.29, 1.82) is 0 Å². The molecule has 0 bridgehead atoms. The molecule has 2 aromatic rings. The quantitative estimate of drug-likeness (QED) is 0.848. The number of aromatic nitrogens is 2. The first-order valence-corrected chi connectivity index (χ1v) is 7.39. The highest BCUT2D eigenvalue weighted by Gasteiger charge is 2.15. The van der Waals surface area contributed by atoms with Gasteiger partial charge in [-0.3, -0.25) is 9.82 Å². The lowest BCUT2D eigenvalue weighted by molar-refractivity contribution is 0.597. The number of hydrogen-bond acceptors (Lipinski definition) is 3. The van der Waals surface area contributed by atoms with Crippen molar-refractivity contribution in [3.05, 3.63) is 42.1 Å². The second kappa shape index (κ2) is 4.89. The molecule has 1 aromatic carbocycles. The highest BCUT2D eigenvalue weighted by Crippen LogP contribution is 2.16. The van der Waals surface area contributed by atoms with Crippen LogP contribution in [0.5, 0.6) is 0 Å². The predicted octanol–water partition coefficient (Wildman–Crippen LogP) is 2.11. The van der Waals surface area contributed by atoms with Gasteiger partial charge >= 0.3 is 0 Å². The third-order valence-electron chi connectivity index (χ3n) is 2.10. The third kappa shape index (κ3) is 2.86. The van der Waals surface area contributed by atoms with Crippen LogP contribution in [-0.4, -0.2) is 18.6 Å². The third-order valence-corrected chi connectivity index (χ3v) is 4.06. The fraction of sp³-hybridized carbons (Fsp3) is 0.100. The van der Waals surface area contributed by atoms with Gasteiger partial charge in [0.2, 0.25) is 0 Å². The summed E-state index contributed by atoms with van der Waals surface area (Å²) in [5.41, 5.74) is 1.52. The van der Waals surface area contributed by atoms with Crippen LogP contribution in [0.2, 0.25) is 0 Å². The fourth-order valence-corrected chi connectivity index (χ4v) is 2.63. The van der Waals surface area contributed by atoms with E-state index >= 15 is 0 Å². The summed E-state index contributed by atoms with van der Waals surface area (Å²) < 4.78 is 26.2. The largest absolute Gasteiger partial charge is 0.278 e. The van der Waals surface area contributed by atoms with E-state index in [0.717, 1.165) is 5.56 Å². The van der Waals surface area contributed by atoms with Gasteiger partial charge in [0, 0.05) is 11.0 Å². The molecule has 90 valence electrons. The molecule has 2 N–H and O–H groups in total. The van der Waals surface area contributed by atoms with Crippen molar-refractivity contribution < 1.29 is 8.42 Å². The normalized spacial score (nSPS) is 11.4. The summed E-state index contributed by atoms with van der Waals surface area (Å²) in [6.45, 7) is 0. The Hall–Kier alpha value is -1.34. The van der Waals surface area contributed by atoms with Gasteiger partial charge < -0.3 is 0 Å². The molecule has 0 spiro atoms. The standard InChI is InChI=1S/C10H10BrN3O2S/c11-7-8-2-1-3-9(6-8)14-17(15,16)10-4-5-12-13-10/h1-6,14H,7H2,(H,12,13). The molecule has 1 heterocycles. The average Bonchev–Trinajstić information content (AvgIpc) is 2.83. The van der Waals surface area contributed by atoms with Crippen LogP contribution in [0.25, 0.3) is 0 Å². The second-order valence-corrected chi connectivity index (χ2v) is 5.57. The van der Waals surface area contributed by atoms with Crippen LogP contribution in [0.1, 0.15) is 5.56 Å². The Morgan fingerprint density at radius 2 is 2.18 bits per heavy atom. The van der Waals surface area contributed by atoms with Gasteiger partial charge in [-0.25, -0.2) is 0 Å². The van der Waals surface area contributed by atoms with Crippen molar-refractivity contribution in [3.63, 3.8) is 0 Å². The minimum Gasteiger partial charge on any atom is -0.278 e. The Kier molecular flexibility index (Phi) is 3.49. The molecule has 0 atom stereocenters. The van der Waals surface area contributed by atoms with Crippen molar-refractivity contribution in [2.24, 2.45) is 0 Å². The Labute approximate surface area is 107 Å². The van der Waals surface area contributed by atoms with Crippen molar-refractivity contribution in [1.82, 2.24) is 10.2 Å². The van der Waals surface area contributed by atoms with Gasteiger partial charge in [0.15, 0.2) is 5.03 Å². The van der Waals surface area contributed by atoms with E-state index in [4.69, 9.17) is 0 Å². The number of nitrogens with one attached hydrogen (secondary N) is 2. The number of alkyl halides is 1. The lowest BCUT2D eigenvalue weighted by atomic mass is 10.2. The molecule has 0 fully saturated rings. The van der Waals surface area contributed by atoms with Gasteiger partial charge in [-0.05, 0) is 23.8 Å². The highest BCUT2D eigenvalue weighted by molar-refractivity contribution is 9.08. The number of hydrogen-bond donors (Lipinski definition) is 2. The van der Waals surface area contributed by atoms with Gasteiger partial charge in [0.1, 0.15) is 0 Å². The van der Waals surface area contributed by atoms with Crippen LogP contribution in [0.3, 0.4) is 0 Å². The molecule has 0 radical (unpaired) electrons. The van der Waals surface area contributed by atoms with Crippen LogP contribution in [0.15, 0.2) is 41.6 Å². The van der Waals surface area contributed by atoms with E-state index in [-0.39, 0.29) is 5.03 Å². The van der Waals surface area contributed by atoms with Gasteiger partial charge in [0.25, 0.3) is 10.0 Å². The topological polar surface area (TPSA) is 74.8 Å². The van der Waals surface area contributed by atoms with E-state index in [1.165, 1.54) is 12.3 Å². The summed E-state index contributed by atoms with van der Waals surface area (Å²) in [7, 11) is -3.58. The molecule has 0 aliphatic rings. The number of benzene rings is 1. The molecular weight excluding hydrogens is 306 g/mol. The Bertz CT molecular complexity index is 596. The fourth-order valence-electron chi connectivity index (χ4n) is 1.32. The van der Waals surface area contributed by atoms with Crippen molar-refractivity contribution in [2.75, 3.05) is 4.72 Å². The van der Waals surface area contributed by atoms with Crippen molar-refractivity contribution >= 4 is 31.6 Å². The number of nitrogens with zero attached hydrogens (tertiary/aromatic N) is 1. The molecule has 0 aliphatic heterocycles. The molecule has 0 aliphatic carbocycles. The Balaban J connectivity index is 2.26. The molecule has 0 amide bonds. The van der Waals surface area contributed by atoms with E-state index in [9.17, 15) is 8.42 Å². The first-order valence-electron chi connectivity index (χ1n) is 4.79. The van der Waals surface area contributed by atoms with Crippen molar-refractivity contribution in [3.8, 4) is 0 Å². The summed E-state index contributed by atoms with van der Waals surface area (Å²) in [4.78, 5) is 0. The molecule has 0 unspecified atom stereocenters. The van der Waals surface area contributed by atoms with Gasteiger partial charge in [0.05, 0.1) is 6.20 Å². The first-order chi connectivity index (χ1) is 8.12. The molecular formula is C10H10BrN3O2S. The number of rotatable bonds is 4. The molecule has 1 aromatic heterocycles. The van der Waals surface area contributed by atoms with E-state index in [1.54, 1.807) is 18.2 Å². The lowest BCUT2D eigenvalue weighted by Crippen LogP contribution is -2.13. The average molecular weight is 316 g/mol. The van der Waals surface area contributed by atoms with Gasteiger partial charge in [-0.1, -0.05) is 28.1 Å². The van der Waals surface area contributed by atoms with Crippen LogP contribution in [0.4, 0.5) is 5.69 Å². The second-order valence-electron chi connectivity index (χ2n) is 3.36. The van der Waals surface area contributed by atoms with E-state index in [1.807, 2.05) is 6.07 Å². The maximum absolute atomic E-state index is 11.9. The van der Waals surface area contributed by atoms with Gasteiger partial charge in [-0.2, -0.15) is 13.5 Å². The van der Waals surface area contributed by atoms with Gasteiger partial charge in [-0.15, -0.1) is 0 Å². The van der Waals surface area contributed by atoms with Crippen LogP contribution in [0, 0.1) is 0 Å². The zero-order chi connectivity index (χ0) is 12.3. The molecule has 0 saturated carbocycles. The van der Waals surface area contributed by atoms with E-state index < -0.39 is 10.0 Å². The summed E-state index contributed by atoms with van der Waals surface area (Å²) in [6.07, 6.45) is 1.39. The zero-order valence-corrected chi connectivity index (χ0v) is 11.1. The Morgan fingerprint density at radius 3 is 2.82 bits per heavy atom. The summed E-state index contributed by atoms with van der Waals surface area (Å²) in [5.74, 6) is 0. The molecule has 7 heteroatoms. The van der Waals surface area contributed by atoms with E-state index in [0.29, 0.717) is 11.0 Å². The number of sulfonamides is 1. The molecule has 0 saturated heterocycles. The number of anilines is 1. The zero-order valence-electron chi connectivity index (χ0n) is 8.72. The maximum Gasteiger partial charge on any atom is 0.278 e. The lowest BCUT2D eigenvalue weighted by Gasteiger charge is -2.06. The predicted molar refractivity (Wildman–Crippen MR) is 68.5 cm³/mol. The maximum atomic E-state index is 11.9. The summed E-state index contributed by atoms with van der Waals surface area (Å²) in [5, 5.41) is 6.75.